The van der Waals surface area contributed by atoms with Crippen LogP contribution in [0.4, 0.5) is 0 Å². The van der Waals surface area contributed by atoms with Gasteiger partial charge < -0.3 is 9.84 Å². The number of aliphatic hydroxyl groups is 1. The van der Waals surface area contributed by atoms with Gasteiger partial charge in [-0.3, -0.25) is 0 Å². The van der Waals surface area contributed by atoms with Gasteiger partial charge >= 0.3 is 0 Å². The molecular weight excluding hydrogens is 346 g/mol. The van der Waals surface area contributed by atoms with Crippen molar-refractivity contribution in [2.24, 2.45) is 0 Å². The zero-order valence-electron chi connectivity index (χ0n) is 11.3. The number of halogens is 1. The highest BCUT2D eigenvalue weighted by Crippen LogP contribution is 2.34. The van der Waals surface area contributed by atoms with Gasteiger partial charge in [0, 0.05) is 17.1 Å². The maximum Gasteiger partial charge on any atom is 0.247 e. The predicted octanol–water partition coefficient (Wildman–Crippen LogP) is 1.99. The number of rotatable bonds is 6. The van der Waals surface area contributed by atoms with E-state index in [4.69, 9.17) is 9.84 Å². The number of hydrogen-bond donors (Lipinski definition) is 1. The van der Waals surface area contributed by atoms with Gasteiger partial charge in [0.25, 0.3) is 0 Å². The minimum absolute atomic E-state index is 0.0177. The molecule has 1 fully saturated rings. The molecule has 0 amide bonds. The summed E-state index contributed by atoms with van der Waals surface area (Å²) < 4.78 is 32.8. The summed E-state index contributed by atoms with van der Waals surface area (Å²) in [6.07, 6.45) is 2.71. The Balaban J connectivity index is 2.43. The molecule has 0 unspecified atom stereocenters. The summed E-state index contributed by atoms with van der Waals surface area (Å²) in [7, 11) is -2.22. The van der Waals surface area contributed by atoms with Crippen molar-refractivity contribution in [3.05, 3.63) is 22.7 Å². The first-order valence-electron chi connectivity index (χ1n) is 6.47. The number of methoxy groups -OCH3 is 1. The molecule has 0 aromatic heterocycles. The Morgan fingerprint density at radius 3 is 2.65 bits per heavy atom. The topological polar surface area (TPSA) is 66.8 Å². The Kier molecular flexibility index (Phi) is 5.06. The molecule has 1 aromatic rings. The summed E-state index contributed by atoms with van der Waals surface area (Å²) >= 11 is 3.29. The van der Waals surface area contributed by atoms with E-state index in [0.29, 0.717) is 10.2 Å². The van der Waals surface area contributed by atoms with Crippen LogP contribution < -0.4 is 4.74 Å². The van der Waals surface area contributed by atoms with Crippen molar-refractivity contribution in [3.63, 3.8) is 0 Å². The van der Waals surface area contributed by atoms with Gasteiger partial charge in [0.2, 0.25) is 10.0 Å². The molecule has 0 atom stereocenters. The van der Waals surface area contributed by atoms with Crippen LogP contribution in [0.3, 0.4) is 0 Å². The van der Waals surface area contributed by atoms with E-state index in [0.717, 1.165) is 19.3 Å². The first-order valence-corrected chi connectivity index (χ1v) is 8.70. The molecule has 7 heteroatoms. The number of ether oxygens (including phenoxy) is 1. The van der Waals surface area contributed by atoms with Crippen molar-refractivity contribution in [2.75, 3.05) is 20.3 Å². The van der Waals surface area contributed by atoms with Crippen LogP contribution in [0.2, 0.25) is 0 Å². The Morgan fingerprint density at radius 1 is 1.45 bits per heavy atom. The number of sulfonamides is 1. The fourth-order valence-electron chi connectivity index (χ4n) is 2.25. The maximum absolute atomic E-state index is 12.8. The molecule has 0 spiro atoms. The van der Waals surface area contributed by atoms with Gasteiger partial charge in [0.1, 0.15) is 10.6 Å². The summed E-state index contributed by atoms with van der Waals surface area (Å²) in [4.78, 5) is 0.134. The molecule has 0 saturated heterocycles. The van der Waals surface area contributed by atoms with Crippen molar-refractivity contribution in [1.82, 2.24) is 4.31 Å². The molecule has 20 heavy (non-hydrogen) atoms. The SMILES string of the molecule is COc1ccc(Br)cc1S(=O)(=O)N(CCO)C1CCC1. The highest BCUT2D eigenvalue weighted by molar-refractivity contribution is 9.10. The lowest BCUT2D eigenvalue weighted by molar-refractivity contribution is 0.178. The third-order valence-corrected chi connectivity index (χ3v) is 5.98. The molecule has 0 radical (unpaired) electrons. The van der Waals surface area contributed by atoms with Crippen molar-refractivity contribution in [3.8, 4) is 5.75 Å². The van der Waals surface area contributed by atoms with Gasteiger partial charge in [-0.25, -0.2) is 8.42 Å². The zero-order chi connectivity index (χ0) is 14.8. The van der Waals surface area contributed by atoms with Gasteiger partial charge in [-0.1, -0.05) is 22.4 Å². The Bertz CT molecular complexity index is 572. The molecule has 1 N–H and O–H groups in total. The third kappa shape index (κ3) is 3.00. The number of aliphatic hydroxyl groups excluding tert-OH is 1. The molecule has 2 rings (SSSR count). The third-order valence-electron chi connectivity index (χ3n) is 3.51. The van der Waals surface area contributed by atoms with Crippen LogP contribution in [-0.2, 0) is 10.0 Å². The Morgan fingerprint density at radius 2 is 2.15 bits per heavy atom. The van der Waals surface area contributed by atoms with E-state index in [1.54, 1.807) is 12.1 Å². The second-order valence-electron chi connectivity index (χ2n) is 4.72. The molecular formula is C13H18BrNO4S. The molecule has 1 aromatic carbocycles. The van der Waals surface area contributed by atoms with Gasteiger partial charge in [-0.15, -0.1) is 0 Å². The van der Waals surface area contributed by atoms with Crippen LogP contribution in [0.1, 0.15) is 19.3 Å². The van der Waals surface area contributed by atoms with Crippen LogP contribution in [0.25, 0.3) is 0 Å². The second-order valence-corrected chi connectivity index (χ2v) is 7.49. The zero-order valence-corrected chi connectivity index (χ0v) is 13.7. The van der Waals surface area contributed by atoms with E-state index in [-0.39, 0.29) is 24.1 Å². The van der Waals surface area contributed by atoms with Crippen LogP contribution >= 0.6 is 15.9 Å². The number of benzene rings is 1. The lowest BCUT2D eigenvalue weighted by Crippen LogP contribution is -2.45. The summed E-state index contributed by atoms with van der Waals surface area (Å²) in [6.45, 7) is -0.0747. The van der Waals surface area contributed by atoms with E-state index in [2.05, 4.69) is 15.9 Å². The summed E-state index contributed by atoms with van der Waals surface area (Å²) in [6, 6.07) is 4.87. The minimum atomic E-state index is -3.67. The largest absolute Gasteiger partial charge is 0.495 e. The summed E-state index contributed by atoms with van der Waals surface area (Å²) in [5.41, 5.74) is 0. The van der Waals surface area contributed by atoms with Crippen molar-refractivity contribution in [2.45, 2.75) is 30.2 Å². The first kappa shape index (κ1) is 15.8. The molecule has 112 valence electrons. The van der Waals surface area contributed by atoms with Crippen molar-refractivity contribution < 1.29 is 18.3 Å². The van der Waals surface area contributed by atoms with E-state index in [1.807, 2.05) is 0 Å². The summed E-state index contributed by atoms with van der Waals surface area (Å²) in [5, 5.41) is 9.15. The highest BCUT2D eigenvalue weighted by atomic mass is 79.9. The normalized spacial score (nSPS) is 16.2. The smallest absolute Gasteiger partial charge is 0.247 e. The van der Waals surface area contributed by atoms with Crippen molar-refractivity contribution >= 4 is 26.0 Å². The van der Waals surface area contributed by atoms with E-state index in [1.165, 1.54) is 17.5 Å². The minimum Gasteiger partial charge on any atom is -0.495 e. The average Bonchev–Trinajstić information content (AvgIpc) is 2.36. The lowest BCUT2D eigenvalue weighted by atomic mass is 9.93. The average molecular weight is 364 g/mol. The standard InChI is InChI=1S/C13H18BrNO4S/c1-19-12-6-5-10(14)9-13(12)20(17,18)15(7-8-16)11-3-2-4-11/h5-6,9,11,16H,2-4,7-8H2,1H3. The van der Waals surface area contributed by atoms with Gasteiger partial charge in [0.05, 0.1) is 13.7 Å². The van der Waals surface area contributed by atoms with Crippen LogP contribution in [-0.4, -0.2) is 44.1 Å². The molecule has 1 aliphatic carbocycles. The second kappa shape index (κ2) is 6.43. The van der Waals surface area contributed by atoms with E-state index < -0.39 is 10.0 Å². The fourth-order valence-corrected chi connectivity index (χ4v) is 4.62. The molecule has 0 bridgehead atoms. The Hall–Kier alpha value is -0.630. The number of hydrogen-bond acceptors (Lipinski definition) is 4. The maximum atomic E-state index is 12.8. The monoisotopic (exact) mass is 363 g/mol. The molecule has 1 aliphatic rings. The molecule has 0 heterocycles. The van der Waals surface area contributed by atoms with E-state index >= 15 is 0 Å². The predicted molar refractivity (Wildman–Crippen MR) is 79.3 cm³/mol. The van der Waals surface area contributed by atoms with Crippen LogP contribution in [0, 0.1) is 0 Å². The first-order chi connectivity index (χ1) is 9.50. The molecule has 5 nitrogen and oxygen atoms in total. The Labute approximate surface area is 127 Å². The summed E-state index contributed by atoms with van der Waals surface area (Å²) in [5.74, 6) is 0.315. The fraction of sp³-hybridized carbons (Fsp3) is 0.538. The lowest BCUT2D eigenvalue weighted by Gasteiger charge is -2.36. The number of nitrogens with zero attached hydrogens (tertiary/aromatic N) is 1. The highest BCUT2D eigenvalue weighted by Gasteiger charge is 2.36. The molecule has 0 aliphatic heterocycles. The van der Waals surface area contributed by atoms with Gasteiger partial charge in [0.15, 0.2) is 0 Å². The van der Waals surface area contributed by atoms with Gasteiger partial charge in [-0.2, -0.15) is 4.31 Å². The van der Waals surface area contributed by atoms with Crippen LogP contribution in [0.15, 0.2) is 27.6 Å². The quantitative estimate of drug-likeness (QED) is 0.839. The van der Waals surface area contributed by atoms with Crippen molar-refractivity contribution in [1.29, 1.82) is 0 Å². The molecule has 1 saturated carbocycles. The van der Waals surface area contributed by atoms with Crippen LogP contribution in [0.5, 0.6) is 5.75 Å². The van der Waals surface area contributed by atoms with E-state index in [9.17, 15) is 8.42 Å². The van der Waals surface area contributed by atoms with Gasteiger partial charge in [-0.05, 0) is 31.0 Å².